The van der Waals surface area contributed by atoms with Crippen molar-refractivity contribution in [3.8, 4) is 16.2 Å². The highest BCUT2D eigenvalue weighted by Crippen LogP contribution is 2.37. The highest BCUT2D eigenvalue weighted by molar-refractivity contribution is 7.13. The molecule has 2 aromatic rings. The van der Waals surface area contributed by atoms with Gasteiger partial charge in [0.2, 0.25) is 0 Å². The summed E-state index contributed by atoms with van der Waals surface area (Å²) in [4.78, 5) is 5.39. The molecule has 3 rings (SSSR count). The normalized spacial score (nSPS) is 13.7. The van der Waals surface area contributed by atoms with Crippen LogP contribution in [0.15, 0.2) is 24.5 Å². The SMILES string of the molecule is [c]1cc2c(s1)-c1cnccc1OCC2. The predicted molar refractivity (Wildman–Crippen MR) is 55.6 cm³/mol. The largest absolute Gasteiger partial charge is 0.492 e. The lowest BCUT2D eigenvalue weighted by Gasteiger charge is -2.04. The van der Waals surface area contributed by atoms with E-state index in [4.69, 9.17) is 4.74 Å². The molecule has 0 aromatic carbocycles. The van der Waals surface area contributed by atoms with E-state index in [0.29, 0.717) is 0 Å². The molecule has 0 saturated carbocycles. The molecule has 1 aliphatic heterocycles. The van der Waals surface area contributed by atoms with E-state index < -0.39 is 0 Å². The number of rotatable bonds is 0. The van der Waals surface area contributed by atoms with Crippen molar-refractivity contribution in [2.45, 2.75) is 6.42 Å². The third-order valence-corrected chi connectivity index (χ3v) is 3.26. The Morgan fingerprint density at radius 3 is 3.50 bits per heavy atom. The third kappa shape index (κ3) is 1.13. The molecule has 3 heterocycles. The summed E-state index contributed by atoms with van der Waals surface area (Å²) in [6.45, 7) is 0.745. The maximum Gasteiger partial charge on any atom is 0.131 e. The highest BCUT2D eigenvalue weighted by atomic mass is 32.1. The number of ether oxygens (including phenoxy) is 1. The number of hydrogen-bond donors (Lipinski definition) is 0. The summed E-state index contributed by atoms with van der Waals surface area (Å²) in [5.74, 6) is 0.939. The first-order chi connectivity index (χ1) is 6.95. The van der Waals surface area contributed by atoms with E-state index in [2.05, 4.69) is 10.4 Å². The van der Waals surface area contributed by atoms with Crippen molar-refractivity contribution in [3.63, 3.8) is 0 Å². The summed E-state index contributed by atoms with van der Waals surface area (Å²) in [6.07, 6.45) is 4.59. The minimum atomic E-state index is 0.745. The van der Waals surface area contributed by atoms with Crippen LogP contribution in [0.5, 0.6) is 5.75 Å². The van der Waals surface area contributed by atoms with E-state index in [1.54, 1.807) is 17.5 Å². The molecule has 0 atom stereocenters. The van der Waals surface area contributed by atoms with Gasteiger partial charge in [-0.15, -0.1) is 11.3 Å². The average molecular weight is 202 g/mol. The number of thiophene rings is 1. The fourth-order valence-corrected chi connectivity index (χ4v) is 2.53. The van der Waals surface area contributed by atoms with Crippen molar-refractivity contribution in [2.24, 2.45) is 0 Å². The van der Waals surface area contributed by atoms with E-state index in [9.17, 15) is 0 Å². The first-order valence-electron chi connectivity index (χ1n) is 4.51. The third-order valence-electron chi connectivity index (χ3n) is 2.34. The summed E-state index contributed by atoms with van der Waals surface area (Å²) < 4.78 is 5.64. The van der Waals surface area contributed by atoms with Gasteiger partial charge in [0, 0.05) is 29.1 Å². The summed E-state index contributed by atoms with van der Waals surface area (Å²) >= 11 is 1.64. The Labute approximate surface area is 86.2 Å². The van der Waals surface area contributed by atoms with Crippen molar-refractivity contribution >= 4 is 11.3 Å². The minimum absolute atomic E-state index is 0.745. The van der Waals surface area contributed by atoms with Gasteiger partial charge < -0.3 is 4.74 Å². The van der Waals surface area contributed by atoms with Crippen LogP contribution in [0.25, 0.3) is 10.4 Å². The van der Waals surface area contributed by atoms with Gasteiger partial charge in [-0.05, 0) is 17.7 Å². The average Bonchev–Trinajstić information content (AvgIpc) is 2.61. The van der Waals surface area contributed by atoms with E-state index in [-0.39, 0.29) is 0 Å². The summed E-state index contributed by atoms with van der Waals surface area (Å²) in [7, 11) is 0. The maximum atomic E-state index is 5.64. The zero-order chi connectivity index (χ0) is 9.38. The molecule has 0 aliphatic carbocycles. The van der Waals surface area contributed by atoms with Crippen molar-refractivity contribution in [2.75, 3.05) is 6.61 Å². The van der Waals surface area contributed by atoms with Gasteiger partial charge in [0.25, 0.3) is 0 Å². The number of nitrogens with zero attached hydrogens (tertiary/aromatic N) is 1. The predicted octanol–water partition coefficient (Wildman–Crippen LogP) is 2.55. The van der Waals surface area contributed by atoms with Crippen LogP contribution in [0.2, 0.25) is 0 Å². The van der Waals surface area contributed by atoms with Gasteiger partial charge in [-0.25, -0.2) is 0 Å². The Bertz CT molecular complexity index is 464. The van der Waals surface area contributed by atoms with Crippen molar-refractivity contribution in [1.29, 1.82) is 0 Å². The van der Waals surface area contributed by atoms with Crippen molar-refractivity contribution in [3.05, 3.63) is 35.5 Å². The molecule has 0 spiro atoms. The first kappa shape index (κ1) is 8.00. The zero-order valence-corrected chi connectivity index (χ0v) is 8.30. The molecule has 0 bridgehead atoms. The molecule has 0 unspecified atom stereocenters. The molecule has 2 aromatic heterocycles. The van der Waals surface area contributed by atoms with Crippen LogP contribution in [0.4, 0.5) is 0 Å². The Balaban J connectivity index is 2.27. The number of pyridine rings is 1. The summed E-state index contributed by atoms with van der Waals surface area (Å²) in [5.41, 5.74) is 2.42. The second-order valence-electron chi connectivity index (χ2n) is 3.19. The zero-order valence-electron chi connectivity index (χ0n) is 7.49. The fraction of sp³-hybridized carbons (Fsp3) is 0.182. The molecular weight excluding hydrogens is 194 g/mol. The van der Waals surface area contributed by atoms with Gasteiger partial charge in [0.05, 0.1) is 12.2 Å². The lowest BCUT2D eigenvalue weighted by Crippen LogP contribution is -1.97. The lowest BCUT2D eigenvalue weighted by atomic mass is 10.1. The van der Waals surface area contributed by atoms with E-state index in [0.717, 1.165) is 24.3 Å². The second-order valence-corrected chi connectivity index (χ2v) is 4.04. The molecule has 0 saturated heterocycles. The van der Waals surface area contributed by atoms with Gasteiger partial charge in [-0.1, -0.05) is 0 Å². The van der Waals surface area contributed by atoms with Gasteiger partial charge in [-0.2, -0.15) is 0 Å². The second kappa shape index (κ2) is 3.10. The van der Waals surface area contributed by atoms with Gasteiger partial charge >= 0.3 is 0 Å². The molecular formula is C11H8NOS. The molecule has 14 heavy (non-hydrogen) atoms. The van der Waals surface area contributed by atoms with Crippen LogP contribution in [0, 0.1) is 5.38 Å². The first-order valence-corrected chi connectivity index (χ1v) is 5.33. The maximum absolute atomic E-state index is 5.64. The Morgan fingerprint density at radius 1 is 1.50 bits per heavy atom. The molecule has 1 aliphatic rings. The molecule has 0 amide bonds. The van der Waals surface area contributed by atoms with Gasteiger partial charge in [-0.3, -0.25) is 4.98 Å². The van der Waals surface area contributed by atoms with Crippen LogP contribution in [-0.4, -0.2) is 11.6 Å². The van der Waals surface area contributed by atoms with Crippen LogP contribution in [0.1, 0.15) is 5.56 Å². The Hall–Kier alpha value is -1.35. The number of hydrogen-bond acceptors (Lipinski definition) is 3. The molecule has 1 radical (unpaired) electrons. The fourth-order valence-electron chi connectivity index (χ4n) is 1.65. The van der Waals surface area contributed by atoms with E-state index >= 15 is 0 Å². The topological polar surface area (TPSA) is 22.1 Å². The minimum Gasteiger partial charge on any atom is -0.492 e. The van der Waals surface area contributed by atoms with E-state index in [1.165, 1.54) is 10.4 Å². The van der Waals surface area contributed by atoms with Crippen LogP contribution >= 0.6 is 11.3 Å². The molecule has 2 nitrogen and oxygen atoms in total. The van der Waals surface area contributed by atoms with E-state index in [1.807, 2.05) is 18.3 Å². The number of aromatic nitrogens is 1. The molecule has 0 N–H and O–H groups in total. The van der Waals surface area contributed by atoms with Crippen LogP contribution in [-0.2, 0) is 6.42 Å². The van der Waals surface area contributed by atoms with Crippen LogP contribution < -0.4 is 4.74 Å². The number of fused-ring (bicyclic) bond motifs is 3. The standard InChI is InChI=1S/C11H8NOS/c1-4-12-7-9-10(1)13-5-2-8-3-6-14-11(8)9/h1,3-4,7H,2,5H2. The van der Waals surface area contributed by atoms with Crippen LogP contribution in [0.3, 0.4) is 0 Å². The lowest BCUT2D eigenvalue weighted by molar-refractivity contribution is 0.326. The Morgan fingerprint density at radius 2 is 2.50 bits per heavy atom. The molecule has 69 valence electrons. The smallest absolute Gasteiger partial charge is 0.131 e. The quantitative estimate of drug-likeness (QED) is 0.655. The summed E-state index contributed by atoms with van der Waals surface area (Å²) in [6, 6.07) is 3.97. The molecule has 3 heteroatoms. The Kier molecular flexibility index (Phi) is 1.77. The highest BCUT2D eigenvalue weighted by Gasteiger charge is 2.15. The summed E-state index contributed by atoms with van der Waals surface area (Å²) in [5, 5.41) is 3.17. The van der Waals surface area contributed by atoms with Crippen molar-refractivity contribution in [1.82, 2.24) is 4.98 Å². The molecule has 0 fully saturated rings. The van der Waals surface area contributed by atoms with Gasteiger partial charge in [0.15, 0.2) is 0 Å². The van der Waals surface area contributed by atoms with Crippen molar-refractivity contribution < 1.29 is 4.74 Å². The van der Waals surface area contributed by atoms with Gasteiger partial charge in [0.1, 0.15) is 5.75 Å². The monoisotopic (exact) mass is 202 g/mol.